The molecule has 0 spiro atoms. The molecule has 0 heterocycles. The fraction of sp³-hybridized carbons (Fsp3) is 0.913. The van der Waals surface area contributed by atoms with Crippen LogP contribution < -0.4 is 0 Å². The molecule has 0 aromatic carbocycles. The van der Waals surface area contributed by atoms with Crippen molar-refractivity contribution in [3.05, 3.63) is 12.2 Å². The fourth-order valence-electron chi connectivity index (χ4n) is 3.05. The van der Waals surface area contributed by atoms with Crippen LogP contribution in [0.2, 0.25) is 0 Å². The molecule has 0 aliphatic rings. The van der Waals surface area contributed by atoms with Crippen LogP contribution in [0.1, 0.15) is 117 Å². The first-order valence-corrected chi connectivity index (χ1v) is 13.4. The topological polar surface area (TPSA) is 46.5 Å². The second-order valence-corrected chi connectivity index (χ2v) is 10.3. The molecule has 4 heteroatoms. The van der Waals surface area contributed by atoms with E-state index in [1.54, 1.807) is 0 Å². The zero-order valence-electron chi connectivity index (χ0n) is 18.5. The second kappa shape index (κ2) is 19.2. The van der Waals surface area contributed by atoms with Crippen LogP contribution in [0.25, 0.3) is 0 Å². The molecule has 3 nitrogen and oxygen atoms in total. The number of rotatable bonds is 20. The van der Waals surface area contributed by atoms with Gasteiger partial charge in [0.15, 0.2) is 0 Å². The molecule has 162 valence electrons. The maximum atomic E-state index is 11.9. The lowest BCUT2D eigenvalue weighted by Gasteiger charge is -2.13. The summed E-state index contributed by atoms with van der Waals surface area (Å²) in [7, 11) is -3.35. The third kappa shape index (κ3) is 22.0. The average Bonchev–Trinajstić information content (AvgIpc) is 2.60. The number of allylic oxidation sites excluding steroid dienone is 2. The molecule has 0 radical (unpaired) electrons. The molecule has 0 saturated carbocycles. The second-order valence-electron chi connectivity index (χ2n) is 8.31. The molecule has 0 aliphatic heterocycles. The minimum atomic E-state index is -3.35. The predicted molar refractivity (Wildman–Crippen MR) is 120 cm³/mol. The van der Waals surface area contributed by atoms with Crippen molar-refractivity contribution < 1.29 is 14.0 Å². The summed E-state index contributed by atoms with van der Waals surface area (Å²) in [5, 5.41) is 0. The quantitative estimate of drug-likeness (QED) is 0.127. The summed E-state index contributed by atoms with van der Waals surface area (Å²) in [6, 6.07) is 0. The molecular formula is C23H47O3P. The van der Waals surface area contributed by atoms with E-state index >= 15 is 0 Å². The van der Waals surface area contributed by atoms with Gasteiger partial charge in [-0.1, -0.05) is 90.7 Å². The van der Waals surface area contributed by atoms with Gasteiger partial charge < -0.3 is 9.42 Å². The zero-order chi connectivity index (χ0) is 20.2. The Labute approximate surface area is 169 Å². The average molecular weight is 403 g/mol. The third-order valence-electron chi connectivity index (χ3n) is 4.94. The van der Waals surface area contributed by atoms with Crippen molar-refractivity contribution in [1.29, 1.82) is 0 Å². The van der Waals surface area contributed by atoms with Gasteiger partial charge in [0.2, 0.25) is 0 Å². The summed E-state index contributed by atoms with van der Waals surface area (Å²) in [4.78, 5) is 9.77. The molecule has 0 aromatic rings. The molecule has 0 aliphatic carbocycles. The van der Waals surface area contributed by atoms with E-state index in [0.717, 1.165) is 25.7 Å². The Morgan fingerprint density at radius 2 is 1.30 bits per heavy atom. The first kappa shape index (κ1) is 26.9. The van der Waals surface area contributed by atoms with Crippen LogP contribution in [0.5, 0.6) is 0 Å². The summed E-state index contributed by atoms with van der Waals surface area (Å²) in [5.74, 6) is 0.510. The normalized spacial score (nSPS) is 14.3. The number of hydrogen-bond acceptors (Lipinski definition) is 2. The van der Waals surface area contributed by atoms with E-state index in [9.17, 15) is 9.46 Å². The predicted octanol–water partition coefficient (Wildman–Crippen LogP) is 8.27. The molecule has 0 rings (SSSR count). The lowest BCUT2D eigenvalue weighted by molar-refractivity contribution is 0.243. The van der Waals surface area contributed by atoms with Gasteiger partial charge in [-0.25, -0.2) is 0 Å². The van der Waals surface area contributed by atoms with E-state index in [0.29, 0.717) is 18.7 Å². The van der Waals surface area contributed by atoms with Crippen LogP contribution in [0.3, 0.4) is 0 Å². The molecule has 0 saturated heterocycles. The van der Waals surface area contributed by atoms with Gasteiger partial charge in [0, 0.05) is 6.16 Å². The first-order chi connectivity index (χ1) is 13.0. The zero-order valence-corrected chi connectivity index (χ0v) is 19.4. The minimum Gasteiger partial charge on any atom is -0.324 e. The summed E-state index contributed by atoms with van der Waals surface area (Å²) in [6.07, 6.45) is 23.3. The summed E-state index contributed by atoms with van der Waals surface area (Å²) in [6.45, 7) is 6.85. The summed E-state index contributed by atoms with van der Waals surface area (Å²) in [5.41, 5.74) is 0. The van der Waals surface area contributed by atoms with Crippen molar-refractivity contribution in [2.45, 2.75) is 117 Å². The van der Waals surface area contributed by atoms with E-state index in [1.807, 2.05) is 0 Å². The molecule has 0 amide bonds. The first-order valence-electron chi connectivity index (χ1n) is 11.6. The van der Waals surface area contributed by atoms with Crippen molar-refractivity contribution in [3.63, 3.8) is 0 Å². The molecule has 1 unspecified atom stereocenters. The van der Waals surface area contributed by atoms with Gasteiger partial charge in [-0.3, -0.25) is 4.57 Å². The van der Waals surface area contributed by atoms with Gasteiger partial charge >= 0.3 is 7.60 Å². The van der Waals surface area contributed by atoms with E-state index in [-0.39, 0.29) is 0 Å². The lowest BCUT2D eigenvalue weighted by atomic mass is 10.1. The minimum absolute atomic E-state index is 0.312. The Kier molecular flexibility index (Phi) is 19.1. The van der Waals surface area contributed by atoms with Crippen LogP contribution in [0.4, 0.5) is 0 Å². The molecular weight excluding hydrogens is 355 g/mol. The highest BCUT2D eigenvalue weighted by molar-refractivity contribution is 7.52. The Bertz CT molecular complexity index is 380. The largest absolute Gasteiger partial charge is 0.328 e. The van der Waals surface area contributed by atoms with Crippen LogP contribution >= 0.6 is 7.60 Å². The highest BCUT2D eigenvalue weighted by Gasteiger charge is 2.18. The molecule has 0 fully saturated rings. The highest BCUT2D eigenvalue weighted by atomic mass is 31.2. The molecule has 1 atom stereocenters. The molecule has 1 N–H and O–H groups in total. The highest BCUT2D eigenvalue weighted by Crippen LogP contribution is 2.43. The maximum absolute atomic E-state index is 11.9. The van der Waals surface area contributed by atoms with Crippen molar-refractivity contribution in [2.24, 2.45) is 5.92 Å². The Hall–Kier alpha value is -0.110. The van der Waals surface area contributed by atoms with Gasteiger partial charge in [0.25, 0.3) is 0 Å². The molecule has 0 bridgehead atoms. The SMILES string of the molecule is CCCCCCCC/C=C\CCCCCCCCP(=O)(O)OCCC(C)C. The maximum Gasteiger partial charge on any atom is 0.328 e. The Balaban J connectivity index is 3.32. The molecule has 27 heavy (non-hydrogen) atoms. The van der Waals surface area contributed by atoms with E-state index in [1.165, 1.54) is 70.6 Å². The van der Waals surface area contributed by atoms with Crippen LogP contribution in [0.15, 0.2) is 12.2 Å². The van der Waals surface area contributed by atoms with Gasteiger partial charge in [-0.05, 0) is 44.4 Å². The number of hydrogen-bond donors (Lipinski definition) is 1. The van der Waals surface area contributed by atoms with Crippen LogP contribution in [-0.2, 0) is 9.09 Å². The van der Waals surface area contributed by atoms with E-state index in [2.05, 4.69) is 32.9 Å². The summed E-state index contributed by atoms with van der Waals surface area (Å²) < 4.78 is 17.0. The van der Waals surface area contributed by atoms with Gasteiger partial charge in [0.1, 0.15) is 0 Å². The monoisotopic (exact) mass is 402 g/mol. The molecule has 0 aromatic heterocycles. The van der Waals surface area contributed by atoms with Gasteiger partial charge in [0.05, 0.1) is 6.61 Å². The smallest absolute Gasteiger partial charge is 0.324 e. The van der Waals surface area contributed by atoms with Crippen molar-refractivity contribution in [2.75, 3.05) is 12.8 Å². The Morgan fingerprint density at radius 3 is 1.81 bits per heavy atom. The van der Waals surface area contributed by atoms with Crippen molar-refractivity contribution in [1.82, 2.24) is 0 Å². The lowest BCUT2D eigenvalue weighted by Crippen LogP contribution is -2.00. The van der Waals surface area contributed by atoms with Gasteiger partial charge in [-0.15, -0.1) is 0 Å². The fourth-order valence-corrected chi connectivity index (χ4v) is 4.20. The Morgan fingerprint density at radius 1 is 0.815 bits per heavy atom. The number of unbranched alkanes of at least 4 members (excludes halogenated alkanes) is 12. The van der Waals surface area contributed by atoms with Crippen molar-refractivity contribution in [3.8, 4) is 0 Å². The standard InChI is InChI=1S/C23H47O3P/c1-4-5-6-7-8-9-10-11-12-13-14-15-16-17-18-19-22-27(24,25)26-21-20-23(2)3/h11-12,23H,4-10,13-22H2,1-3H3,(H,24,25)/b12-11-. The van der Waals surface area contributed by atoms with Crippen LogP contribution in [0, 0.1) is 5.92 Å². The van der Waals surface area contributed by atoms with E-state index in [4.69, 9.17) is 4.52 Å². The van der Waals surface area contributed by atoms with Crippen molar-refractivity contribution >= 4 is 7.60 Å². The van der Waals surface area contributed by atoms with Gasteiger partial charge in [-0.2, -0.15) is 0 Å². The van der Waals surface area contributed by atoms with Crippen LogP contribution in [-0.4, -0.2) is 17.7 Å². The summed E-state index contributed by atoms with van der Waals surface area (Å²) >= 11 is 0. The third-order valence-corrected chi connectivity index (χ3v) is 6.41. The van der Waals surface area contributed by atoms with E-state index < -0.39 is 7.60 Å².